The molecule has 1 aromatic heterocycles. The van der Waals surface area contributed by atoms with Gasteiger partial charge in [-0.25, -0.2) is 0 Å². The molecule has 0 radical (unpaired) electrons. The molecule has 2 aromatic rings. The zero-order valence-corrected chi connectivity index (χ0v) is 13.0. The Hall–Kier alpha value is -1.71. The van der Waals surface area contributed by atoms with Gasteiger partial charge in [-0.3, -0.25) is 9.88 Å². The van der Waals surface area contributed by atoms with E-state index in [1.54, 1.807) is 0 Å². The lowest BCUT2D eigenvalue weighted by Crippen LogP contribution is -2.37. The number of fused-ring (bicyclic) bond motifs is 4. The number of aromatic nitrogens is 1. The molecule has 0 saturated carbocycles. The zero-order chi connectivity index (χ0) is 14.8. The smallest absolute Gasteiger partial charge is 0.0544 e. The fourth-order valence-electron chi connectivity index (χ4n) is 3.70. The average Bonchev–Trinajstić information content (AvgIpc) is 2.90. The minimum Gasteiger partial charge on any atom is -0.302 e. The van der Waals surface area contributed by atoms with Crippen LogP contribution in [0.4, 0.5) is 0 Å². The molecule has 0 spiro atoms. The minimum atomic E-state index is 0.759. The number of hydrogen-bond donors (Lipinski definition) is 0. The Balaban J connectivity index is 1.47. The second kappa shape index (κ2) is 6.19. The molecule has 0 aliphatic carbocycles. The summed E-state index contributed by atoms with van der Waals surface area (Å²) < 4.78 is 0. The molecule has 0 atom stereocenters. The highest BCUT2D eigenvalue weighted by atomic mass is 15.3. The van der Waals surface area contributed by atoms with Crippen molar-refractivity contribution in [1.82, 2.24) is 14.8 Å². The molecule has 5 rings (SSSR count). The van der Waals surface area contributed by atoms with Crippen LogP contribution in [-0.2, 0) is 6.54 Å². The van der Waals surface area contributed by atoms with Gasteiger partial charge in [-0.2, -0.15) is 0 Å². The second-order valence-electron chi connectivity index (χ2n) is 6.45. The van der Waals surface area contributed by atoms with Crippen LogP contribution in [0.1, 0.15) is 18.5 Å². The van der Waals surface area contributed by atoms with Gasteiger partial charge < -0.3 is 4.90 Å². The quantitative estimate of drug-likeness (QED) is 0.867. The van der Waals surface area contributed by atoms with E-state index in [9.17, 15) is 0 Å². The van der Waals surface area contributed by atoms with Crippen LogP contribution in [0.2, 0.25) is 0 Å². The van der Waals surface area contributed by atoms with E-state index in [1.165, 1.54) is 55.8 Å². The third kappa shape index (κ3) is 2.92. The highest BCUT2D eigenvalue weighted by molar-refractivity contribution is 5.62. The normalized spacial score (nSPS) is 25.1. The summed E-state index contributed by atoms with van der Waals surface area (Å²) in [5.41, 5.74) is 3.63. The first kappa shape index (κ1) is 13.9. The van der Waals surface area contributed by atoms with Crippen LogP contribution in [-0.4, -0.2) is 47.0 Å². The minimum absolute atomic E-state index is 0.759. The number of hydrogen-bond acceptors (Lipinski definition) is 3. The average molecular weight is 293 g/mol. The molecule has 1 aromatic carbocycles. The monoisotopic (exact) mass is 293 g/mol. The lowest BCUT2D eigenvalue weighted by molar-refractivity contribution is 0.175. The molecule has 3 fully saturated rings. The number of rotatable bonds is 3. The van der Waals surface area contributed by atoms with Gasteiger partial charge in [0.2, 0.25) is 0 Å². The Morgan fingerprint density at radius 1 is 0.864 bits per heavy atom. The van der Waals surface area contributed by atoms with Crippen LogP contribution in [0.3, 0.4) is 0 Å². The standard InChI is InChI=1S/C19H23N3/c1-2-4-16(5-3-1)17-6-7-18(20-14-17)15-22-13-12-21-10-8-19(22)9-11-21/h1-7,14,19H,8-13,15H2. The Kier molecular flexibility index (Phi) is 3.92. The van der Waals surface area contributed by atoms with E-state index in [-0.39, 0.29) is 0 Å². The first-order valence-electron chi connectivity index (χ1n) is 8.35. The van der Waals surface area contributed by atoms with E-state index >= 15 is 0 Å². The van der Waals surface area contributed by atoms with Gasteiger partial charge in [-0.05, 0) is 37.6 Å². The van der Waals surface area contributed by atoms with Crippen LogP contribution < -0.4 is 0 Å². The maximum Gasteiger partial charge on any atom is 0.0544 e. The first-order chi connectivity index (χ1) is 10.9. The van der Waals surface area contributed by atoms with E-state index in [4.69, 9.17) is 4.98 Å². The Labute approximate surface area is 132 Å². The number of benzene rings is 1. The lowest BCUT2D eigenvalue weighted by Gasteiger charge is -2.31. The van der Waals surface area contributed by atoms with Crippen molar-refractivity contribution in [2.45, 2.75) is 25.4 Å². The predicted molar refractivity (Wildman–Crippen MR) is 89.5 cm³/mol. The van der Waals surface area contributed by atoms with Crippen LogP contribution in [0.15, 0.2) is 48.7 Å². The number of pyridine rings is 1. The van der Waals surface area contributed by atoms with Crippen LogP contribution in [0, 0.1) is 0 Å². The van der Waals surface area contributed by atoms with E-state index in [0.29, 0.717) is 0 Å². The zero-order valence-electron chi connectivity index (χ0n) is 13.0. The first-order valence-corrected chi connectivity index (χ1v) is 8.35. The molecular weight excluding hydrogens is 270 g/mol. The SMILES string of the molecule is c1ccc(-c2ccc(CN3CCN4CCC3CC4)nc2)cc1. The molecule has 3 nitrogen and oxygen atoms in total. The van der Waals surface area contributed by atoms with Gasteiger partial charge in [0.15, 0.2) is 0 Å². The maximum absolute atomic E-state index is 4.71. The number of nitrogens with zero attached hydrogens (tertiary/aromatic N) is 3. The summed E-state index contributed by atoms with van der Waals surface area (Å²) in [5.74, 6) is 0. The van der Waals surface area contributed by atoms with E-state index in [0.717, 1.165) is 12.6 Å². The van der Waals surface area contributed by atoms with Crippen molar-refractivity contribution in [3.63, 3.8) is 0 Å². The maximum atomic E-state index is 4.71. The summed E-state index contributed by atoms with van der Waals surface area (Å²) in [6, 6.07) is 15.6. The van der Waals surface area contributed by atoms with Gasteiger partial charge in [0.05, 0.1) is 5.69 Å². The lowest BCUT2D eigenvalue weighted by atomic mass is 10.0. The molecule has 3 heteroatoms. The molecule has 114 valence electrons. The molecule has 4 heterocycles. The predicted octanol–water partition coefficient (Wildman–Crippen LogP) is 3.03. The van der Waals surface area contributed by atoms with Crippen molar-refractivity contribution in [2.24, 2.45) is 0 Å². The van der Waals surface area contributed by atoms with E-state index in [2.05, 4.69) is 52.3 Å². The van der Waals surface area contributed by atoms with Gasteiger partial charge in [0, 0.05) is 37.4 Å². The van der Waals surface area contributed by atoms with Crippen molar-refractivity contribution >= 4 is 0 Å². The van der Waals surface area contributed by atoms with Crippen molar-refractivity contribution in [1.29, 1.82) is 0 Å². The molecule has 3 aliphatic rings. The fraction of sp³-hybridized carbons (Fsp3) is 0.421. The van der Waals surface area contributed by atoms with E-state index in [1.807, 2.05) is 6.20 Å². The molecule has 3 saturated heterocycles. The van der Waals surface area contributed by atoms with Crippen LogP contribution in [0.5, 0.6) is 0 Å². The fourth-order valence-corrected chi connectivity index (χ4v) is 3.70. The Bertz CT molecular complexity index is 600. The largest absolute Gasteiger partial charge is 0.302 e. The highest BCUT2D eigenvalue weighted by Gasteiger charge is 2.28. The second-order valence-corrected chi connectivity index (χ2v) is 6.45. The molecule has 3 aliphatic heterocycles. The van der Waals surface area contributed by atoms with Gasteiger partial charge in [-0.1, -0.05) is 36.4 Å². The van der Waals surface area contributed by atoms with Crippen molar-refractivity contribution < 1.29 is 0 Å². The van der Waals surface area contributed by atoms with Crippen molar-refractivity contribution in [3.05, 3.63) is 54.4 Å². The third-order valence-corrected chi connectivity index (χ3v) is 5.07. The summed E-state index contributed by atoms with van der Waals surface area (Å²) in [5, 5.41) is 0. The van der Waals surface area contributed by atoms with Gasteiger partial charge in [0.25, 0.3) is 0 Å². The van der Waals surface area contributed by atoms with Gasteiger partial charge >= 0.3 is 0 Å². The number of piperidine rings is 1. The molecule has 0 N–H and O–H groups in total. The van der Waals surface area contributed by atoms with Gasteiger partial charge in [0.1, 0.15) is 0 Å². The summed E-state index contributed by atoms with van der Waals surface area (Å²) in [6.45, 7) is 5.96. The Morgan fingerprint density at radius 3 is 2.41 bits per heavy atom. The summed E-state index contributed by atoms with van der Waals surface area (Å²) >= 11 is 0. The summed E-state index contributed by atoms with van der Waals surface area (Å²) in [7, 11) is 0. The van der Waals surface area contributed by atoms with Crippen LogP contribution in [0.25, 0.3) is 11.1 Å². The van der Waals surface area contributed by atoms with Gasteiger partial charge in [-0.15, -0.1) is 0 Å². The molecule has 0 amide bonds. The molecule has 2 bridgehead atoms. The molecular formula is C19H23N3. The van der Waals surface area contributed by atoms with E-state index < -0.39 is 0 Å². The highest BCUT2D eigenvalue weighted by Crippen LogP contribution is 2.23. The van der Waals surface area contributed by atoms with Crippen molar-refractivity contribution in [3.8, 4) is 11.1 Å². The van der Waals surface area contributed by atoms with Crippen LogP contribution >= 0.6 is 0 Å². The topological polar surface area (TPSA) is 19.4 Å². The summed E-state index contributed by atoms with van der Waals surface area (Å²) in [6.07, 6.45) is 4.66. The molecule has 0 unspecified atom stereocenters. The van der Waals surface area contributed by atoms with Crippen molar-refractivity contribution in [2.75, 3.05) is 26.2 Å². The third-order valence-electron chi connectivity index (χ3n) is 5.07. The molecule has 22 heavy (non-hydrogen) atoms. The summed E-state index contributed by atoms with van der Waals surface area (Å²) in [4.78, 5) is 9.94. The Morgan fingerprint density at radius 2 is 1.68 bits per heavy atom.